The number of anilines is 1. The van der Waals surface area contributed by atoms with Gasteiger partial charge in [-0.2, -0.15) is 0 Å². The number of hydrogen-bond acceptors (Lipinski definition) is 6. The summed E-state index contributed by atoms with van der Waals surface area (Å²) in [4.78, 5) is 30.5. The average molecular weight is 476 g/mol. The fourth-order valence-electron chi connectivity index (χ4n) is 3.68. The molecular formula is C27H29N3O5. The van der Waals surface area contributed by atoms with E-state index >= 15 is 0 Å². The van der Waals surface area contributed by atoms with Gasteiger partial charge in [-0.15, -0.1) is 0 Å². The molecule has 182 valence electrons. The second-order valence-electron chi connectivity index (χ2n) is 8.32. The minimum atomic E-state index is -0.348. The summed E-state index contributed by atoms with van der Waals surface area (Å²) in [5.41, 5.74) is 1.30. The van der Waals surface area contributed by atoms with Crippen LogP contribution in [0.15, 0.2) is 75.8 Å². The zero-order valence-electron chi connectivity index (χ0n) is 20.1. The Labute approximate surface area is 204 Å². The van der Waals surface area contributed by atoms with E-state index in [9.17, 15) is 9.59 Å². The number of carbonyl (C=O) groups is 2. The van der Waals surface area contributed by atoms with Gasteiger partial charge >= 0.3 is 0 Å². The third-order valence-electron chi connectivity index (χ3n) is 5.49. The minimum absolute atomic E-state index is 0.0794. The first kappa shape index (κ1) is 24.1. The summed E-state index contributed by atoms with van der Waals surface area (Å²) in [6.07, 6.45) is 1.58. The highest BCUT2D eigenvalue weighted by molar-refractivity contribution is 6.14. The minimum Gasteiger partial charge on any atom is -0.494 e. The number of likely N-dealkylation sites (N-methyl/N-ethyl adjacent to an activating group) is 1. The first-order chi connectivity index (χ1) is 17.0. The summed E-state index contributed by atoms with van der Waals surface area (Å²) in [5.74, 6) is 0.744. The van der Waals surface area contributed by atoms with Gasteiger partial charge in [0, 0.05) is 24.0 Å². The van der Waals surface area contributed by atoms with Crippen LogP contribution in [-0.4, -0.2) is 55.4 Å². The fraction of sp³-hybridized carbons (Fsp3) is 0.259. The van der Waals surface area contributed by atoms with E-state index in [4.69, 9.17) is 13.6 Å². The van der Waals surface area contributed by atoms with Gasteiger partial charge in [0.15, 0.2) is 0 Å². The maximum atomic E-state index is 13.7. The van der Waals surface area contributed by atoms with E-state index < -0.39 is 0 Å². The second-order valence-corrected chi connectivity index (χ2v) is 8.32. The molecule has 0 fully saturated rings. The maximum Gasteiger partial charge on any atom is 0.292 e. The Balaban J connectivity index is 1.66. The van der Waals surface area contributed by atoms with E-state index in [2.05, 4.69) is 5.32 Å². The van der Waals surface area contributed by atoms with Gasteiger partial charge in [0.1, 0.15) is 22.8 Å². The first-order valence-corrected chi connectivity index (χ1v) is 11.5. The number of hydrogen-bond donors (Lipinski definition) is 1. The lowest BCUT2D eigenvalue weighted by Gasteiger charge is -2.23. The van der Waals surface area contributed by atoms with E-state index in [1.54, 1.807) is 47.6 Å². The quantitative estimate of drug-likeness (QED) is 0.352. The van der Waals surface area contributed by atoms with Crippen molar-refractivity contribution in [1.82, 2.24) is 9.80 Å². The van der Waals surface area contributed by atoms with Crippen LogP contribution in [0.25, 0.3) is 11.0 Å². The largest absolute Gasteiger partial charge is 0.494 e. The molecule has 8 nitrogen and oxygen atoms in total. The monoisotopic (exact) mass is 475 g/mol. The zero-order chi connectivity index (χ0) is 24.8. The molecule has 0 saturated carbocycles. The van der Waals surface area contributed by atoms with Crippen molar-refractivity contribution in [3.63, 3.8) is 0 Å². The third kappa shape index (κ3) is 5.73. The standard InChI is InChI=1S/C27H29N3O5/c1-4-33-20-13-11-19(12-14-20)26(31)28-24-22-9-5-6-10-23(22)35-25(24)27(32)30(16-15-29(2)3)18-21-8-7-17-34-21/h5-14,17H,4,15-16,18H2,1-3H3,(H,28,31). The molecule has 0 aliphatic rings. The number of para-hydroxylation sites is 1. The molecule has 2 aromatic heterocycles. The smallest absolute Gasteiger partial charge is 0.292 e. The average Bonchev–Trinajstić information content (AvgIpc) is 3.50. The molecule has 2 heterocycles. The van der Waals surface area contributed by atoms with E-state index in [0.29, 0.717) is 53.4 Å². The molecule has 35 heavy (non-hydrogen) atoms. The molecule has 0 saturated heterocycles. The molecule has 0 radical (unpaired) electrons. The lowest BCUT2D eigenvalue weighted by Crippen LogP contribution is -2.36. The van der Waals surface area contributed by atoms with Gasteiger partial charge in [0.05, 0.1) is 19.4 Å². The Morgan fingerprint density at radius 1 is 0.971 bits per heavy atom. The van der Waals surface area contributed by atoms with Gasteiger partial charge in [-0.1, -0.05) is 12.1 Å². The molecule has 2 aromatic carbocycles. The van der Waals surface area contributed by atoms with Crippen LogP contribution in [0, 0.1) is 0 Å². The van der Waals surface area contributed by atoms with Crippen molar-refractivity contribution in [2.24, 2.45) is 0 Å². The van der Waals surface area contributed by atoms with Crippen LogP contribution in [0.2, 0.25) is 0 Å². The summed E-state index contributed by atoms with van der Waals surface area (Å²) in [6, 6.07) is 17.7. The normalized spacial score (nSPS) is 11.1. The Kier molecular flexibility index (Phi) is 7.52. The summed E-state index contributed by atoms with van der Waals surface area (Å²) < 4.78 is 16.9. The number of nitrogens with zero attached hydrogens (tertiary/aromatic N) is 2. The van der Waals surface area contributed by atoms with Crippen LogP contribution >= 0.6 is 0 Å². The van der Waals surface area contributed by atoms with Crippen molar-refractivity contribution >= 4 is 28.5 Å². The molecule has 4 rings (SSSR count). The van der Waals surface area contributed by atoms with Gasteiger partial charge < -0.3 is 28.7 Å². The number of fused-ring (bicyclic) bond motifs is 1. The molecular weight excluding hydrogens is 446 g/mol. The van der Waals surface area contributed by atoms with E-state index in [1.807, 2.05) is 50.2 Å². The molecule has 2 amide bonds. The lowest BCUT2D eigenvalue weighted by molar-refractivity contribution is 0.0691. The van der Waals surface area contributed by atoms with Crippen LogP contribution in [-0.2, 0) is 6.54 Å². The number of nitrogens with one attached hydrogen (secondary N) is 1. The first-order valence-electron chi connectivity index (χ1n) is 11.5. The lowest BCUT2D eigenvalue weighted by atomic mass is 10.1. The van der Waals surface area contributed by atoms with Crippen LogP contribution in [0.5, 0.6) is 5.75 Å². The number of rotatable bonds is 10. The van der Waals surface area contributed by atoms with Gasteiger partial charge in [-0.3, -0.25) is 9.59 Å². The topological polar surface area (TPSA) is 88.2 Å². The van der Waals surface area contributed by atoms with E-state index in [1.165, 1.54) is 0 Å². The van der Waals surface area contributed by atoms with E-state index in [0.717, 1.165) is 0 Å². The Morgan fingerprint density at radius 2 is 1.74 bits per heavy atom. The molecule has 0 unspecified atom stereocenters. The molecule has 0 aliphatic heterocycles. The van der Waals surface area contributed by atoms with Crippen molar-refractivity contribution in [3.8, 4) is 5.75 Å². The van der Waals surface area contributed by atoms with Gasteiger partial charge in [0.25, 0.3) is 11.8 Å². The number of furan rings is 2. The van der Waals surface area contributed by atoms with Crippen molar-refractivity contribution < 1.29 is 23.2 Å². The van der Waals surface area contributed by atoms with Crippen LogP contribution in [0.4, 0.5) is 5.69 Å². The number of ether oxygens (including phenoxy) is 1. The molecule has 8 heteroatoms. The van der Waals surface area contributed by atoms with Crippen LogP contribution in [0.3, 0.4) is 0 Å². The SMILES string of the molecule is CCOc1ccc(C(=O)Nc2c(C(=O)N(CCN(C)C)Cc3ccco3)oc3ccccc23)cc1. The number of amides is 2. The molecule has 0 atom stereocenters. The van der Waals surface area contributed by atoms with Gasteiger partial charge in [-0.05, 0) is 69.6 Å². The molecule has 4 aromatic rings. The summed E-state index contributed by atoms with van der Waals surface area (Å²) >= 11 is 0. The number of carbonyl (C=O) groups excluding carboxylic acids is 2. The Hall–Kier alpha value is -4.04. The van der Waals surface area contributed by atoms with Crippen LogP contribution < -0.4 is 10.1 Å². The maximum absolute atomic E-state index is 13.7. The summed E-state index contributed by atoms with van der Waals surface area (Å²) in [5, 5.41) is 3.56. The highest BCUT2D eigenvalue weighted by Crippen LogP contribution is 2.32. The molecule has 0 spiro atoms. The van der Waals surface area contributed by atoms with Gasteiger partial charge in [0.2, 0.25) is 5.76 Å². The van der Waals surface area contributed by atoms with Crippen LogP contribution in [0.1, 0.15) is 33.6 Å². The van der Waals surface area contributed by atoms with E-state index in [-0.39, 0.29) is 24.1 Å². The van der Waals surface area contributed by atoms with Gasteiger partial charge in [-0.25, -0.2) is 0 Å². The predicted molar refractivity (Wildman–Crippen MR) is 134 cm³/mol. The molecule has 0 aliphatic carbocycles. The predicted octanol–water partition coefficient (Wildman–Crippen LogP) is 4.88. The number of benzene rings is 2. The Morgan fingerprint density at radius 3 is 2.43 bits per heavy atom. The fourth-order valence-corrected chi connectivity index (χ4v) is 3.68. The van der Waals surface area contributed by atoms with Crippen molar-refractivity contribution in [3.05, 3.63) is 84.0 Å². The highest BCUT2D eigenvalue weighted by atomic mass is 16.5. The summed E-state index contributed by atoms with van der Waals surface area (Å²) in [6.45, 7) is 3.83. The van der Waals surface area contributed by atoms with Crippen molar-refractivity contribution in [2.45, 2.75) is 13.5 Å². The highest BCUT2D eigenvalue weighted by Gasteiger charge is 2.27. The third-order valence-corrected chi connectivity index (χ3v) is 5.49. The molecule has 0 bridgehead atoms. The Bertz CT molecular complexity index is 1280. The molecule has 1 N–H and O–H groups in total. The van der Waals surface area contributed by atoms with Crippen molar-refractivity contribution in [2.75, 3.05) is 39.1 Å². The zero-order valence-corrected chi connectivity index (χ0v) is 20.1. The summed E-state index contributed by atoms with van der Waals surface area (Å²) in [7, 11) is 3.89. The van der Waals surface area contributed by atoms with Crippen molar-refractivity contribution in [1.29, 1.82) is 0 Å². The second kappa shape index (κ2) is 10.9.